The second-order valence-corrected chi connectivity index (χ2v) is 10.2. The number of aromatic nitrogens is 1. The zero-order chi connectivity index (χ0) is 29.8. The lowest BCUT2D eigenvalue weighted by atomic mass is 9.95. The number of methoxy groups -OCH3 is 1. The normalized spacial score (nSPS) is 14.1. The molecule has 0 radical (unpaired) electrons. The van der Waals surface area contributed by atoms with E-state index in [0.717, 1.165) is 44.4 Å². The molecule has 0 fully saturated rings. The number of carbonyl (C=O) groups excluding carboxylic acids is 1. The molecule has 0 saturated carbocycles. The Hall–Kier alpha value is -4.82. The maximum atomic E-state index is 13.8. The highest BCUT2D eigenvalue weighted by atomic mass is 35.5. The fourth-order valence-corrected chi connectivity index (χ4v) is 5.44. The van der Waals surface area contributed by atoms with Crippen molar-refractivity contribution in [3.8, 4) is 5.75 Å². The number of hydrogen-bond acceptors (Lipinski definition) is 5. The summed E-state index contributed by atoms with van der Waals surface area (Å²) >= 11 is 6.43. The van der Waals surface area contributed by atoms with Gasteiger partial charge >= 0.3 is 0 Å². The van der Waals surface area contributed by atoms with Gasteiger partial charge in [-0.15, -0.1) is 11.6 Å². The first-order valence-corrected chi connectivity index (χ1v) is 14.1. The van der Waals surface area contributed by atoms with Gasteiger partial charge in [0.25, 0.3) is 11.6 Å². The van der Waals surface area contributed by atoms with E-state index in [1.54, 1.807) is 24.1 Å². The lowest BCUT2D eigenvalue weighted by molar-refractivity contribution is -0.384. The van der Waals surface area contributed by atoms with E-state index >= 15 is 0 Å². The lowest BCUT2D eigenvalue weighted by Gasteiger charge is -2.19. The Morgan fingerprint density at radius 3 is 2.43 bits per heavy atom. The zero-order valence-corrected chi connectivity index (χ0v) is 24.3. The number of anilines is 3. The third-order valence-electron chi connectivity index (χ3n) is 7.35. The first kappa shape index (κ1) is 28.7. The number of H-pyrrole nitrogens is 1. The van der Waals surface area contributed by atoms with Gasteiger partial charge in [0, 0.05) is 58.1 Å². The minimum Gasteiger partial charge on any atom is -0.497 e. The van der Waals surface area contributed by atoms with E-state index in [2.05, 4.69) is 10.3 Å². The van der Waals surface area contributed by atoms with Crippen molar-refractivity contribution in [1.29, 1.82) is 0 Å². The Bertz CT molecular complexity index is 1790. The summed E-state index contributed by atoms with van der Waals surface area (Å²) in [5.74, 6) is 0.918. The number of allylic oxidation sites excluding steroid dienone is 2. The number of rotatable bonds is 6. The molecule has 0 spiro atoms. The molecular weight excluding hydrogens is 552 g/mol. The predicted molar refractivity (Wildman–Crippen MR) is 171 cm³/mol. The van der Waals surface area contributed by atoms with E-state index in [9.17, 15) is 14.9 Å². The van der Waals surface area contributed by atoms with Crippen LogP contribution in [0.3, 0.4) is 0 Å². The van der Waals surface area contributed by atoms with Gasteiger partial charge in [-0.3, -0.25) is 14.9 Å². The van der Waals surface area contributed by atoms with Crippen LogP contribution in [-0.2, 0) is 0 Å². The highest BCUT2D eigenvalue weighted by molar-refractivity contribution is 6.19. The fourth-order valence-electron chi connectivity index (χ4n) is 5.19. The summed E-state index contributed by atoms with van der Waals surface area (Å²) in [6, 6.07) is 23.7. The smallest absolute Gasteiger partial charge is 0.274 e. The predicted octanol–water partition coefficient (Wildman–Crippen LogP) is 8.55. The molecular formula is C33H31ClN4O4. The number of nitro benzene ring substituents is 1. The van der Waals surface area contributed by atoms with Crippen LogP contribution in [-0.4, -0.2) is 35.3 Å². The number of benzene rings is 4. The summed E-state index contributed by atoms with van der Waals surface area (Å²) < 4.78 is 5.32. The van der Waals surface area contributed by atoms with Gasteiger partial charge in [0.1, 0.15) is 11.4 Å². The molecule has 42 heavy (non-hydrogen) atoms. The average molecular weight is 583 g/mol. The molecule has 214 valence electrons. The Morgan fingerprint density at radius 2 is 1.79 bits per heavy atom. The fraction of sp³-hybridized carbons (Fsp3) is 0.182. The number of carbonyl (C=O) groups is 1. The van der Waals surface area contributed by atoms with Crippen LogP contribution in [0.2, 0.25) is 0 Å². The van der Waals surface area contributed by atoms with Crippen LogP contribution >= 0.6 is 11.6 Å². The van der Waals surface area contributed by atoms with Crippen LogP contribution in [0, 0.1) is 10.1 Å². The number of fused-ring (bicyclic) bond motifs is 4. The maximum absolute atomic E-state index is 13.8. The Kier molecular flexibility index (Phi) is 8.45. The standard InChI is InChI=1S/C29H23ClN4O4.C4H8/c1-38-21-10-11-24-17(12-21)13-26(32-24)29(35)33-16-18(15-30)28-23-5-3-2-4-22(23)25(14-27(28)33)31-19-6-8-20(9-7-19)34(36)37;1-3-4-2/h2-14,18,31-32H,15-16H2,1H3;3-4H,1-2H3/b;4-3-. The molecule has 2 heterocycles. The third-order valence-corrected chi connectivity index (χ3v) is 7.72. The maximum Gasteiger partial charge on any atom is 0.274 e. The summed E-state index contributed by atoms with van der Waals surface area (Å²) in [7, 11) is 1.61. The molecule has 6 rings (SSSR count). The van der Waals surface area contributed by atoms with Gasteiger partial charge in [0.2, 0.25) is 0 Å². The van der Waals surface area contributed by atoms with Gasteiger partial charge < -0.3 is 19.9 Å². The van der Waals surface area contributed by atoms with Gasteiger partial charge in [-0.2, -0.15) is 0 Å². The molecule has 4 aromatic carbocycles. The molecule has 1 aromatic heterocycles. The molecule has 8 nitrogen and oxygen atoms in total. The molecule has 5 aromatic rings. The molecule has 0 saturated heterocycles. The average Bonchev–Trinajstić information content (AvgIpc) is 3.62. The van der Waals surface area contributed by atoms with Crippen LogP contribution in [0.5, 0.6) is 5.75 Å². The topological polar surface area (TPSA) is 100 Å². The highest BCUT2D eigenvalue weighted by Crippen LogP contribution is 2.46. The van der Waals surface area contributed by atoms with Crippen molar-refractivity contribution in [2.75, 3.05) is 29.8 Å². The summed E-state index contributed by atoms with van der Waals surface area (Å²) in [5, 5.41) is 17.3. The van der Waals surface area contributed by atoms with Gasteiger partial charge in [-0.05, 0) is 67.3 Å². The summed E-state index contributed by atoms with van der Waals surface area (Å²) in [6.07, 6.45) is 4.00. The monoisotopic (exact) mass is 582 g/mol. The second kappa shape index (κ2) is 12.4. The van der Waals surface area contributed by atoms with Gasteiger partial charge in [0.15, 0.2) is 0 Å². The highest BCUT2D eigenvalue weighted by Gasteiger charge is 2.35. The number of aromatic amines is 1. The van der Waals surface area contributed by atoms with Gasteiger partial charge in [-0.1, -0.05) is 36.4 Å². The van der Waals surface area contributed by atoms with Crippen LogP contribution in [0.15, 0.2) is 91.0 Å². The third kappa shape index (κ3) is 5.53. The Balaban J connectivity index is 0.000000830. The molecule has 1 unspecified atom stereocenters. The van der Waals surface area contributed by atoms with Crippen molar-refractivity contribution in [3.05, 3.63) is 112 Å². The number of hydrogen-bond donors (Lipinski definition) is 2. The van der Waals surface area contributed by atoms with E-state index < -0.39 is 4.92 Å². The first-order valence-electron chi connectivity index (χ1n) is 13.6. The lowest BCUT2D eigenvalue weighted by Crippen LogP contribution is -2.30. The van der Waals surface area contributed by atoms with Crippen LogP contribution < -0.4 is 15.0 Å². The zero-order valence-electron chi connectivity index (χ0n) is 23.6. The SMILES string of the molecule is C/C=C\C.COc1ccc2[nH]c(C(=O)N3CC(CCl)c4c3cc(Nc3ccc([N+](=O)[O-])cc3)c3ccccc43)cc2c1. The summed E-state index contributed by atoms with van der Waals surface area (Å²) in [5.41, 5.74) is 4.68. The van der Waals surface area contributed by atoms with Gasteiger partial charge in [-0.25, -0.2) is 0 Å². The number of nitrogens with zero attached hydrogens (tertiary/aromatic N) is 2. The van der Waals surface area contributed by atoms with E-state index in [1.165, 1.54) is 12.1 Å². The minimum atomic E-state index is -0.426. The number of nitro groups is 1. The Morgan fingerprint density at radius 1 is 1.07 bits per heavy atom. The molecule has 0 bridgehead atoms. The van der Waals surface area contributed by atoms with Crippen molar-refractivity contribution >= 4 is 61.9 Å². The number of nitrogens with one attached hydrogen (secondary N) is 2. The Labute approximate surface area is 248 Å². The van der Waals surface area contributed by atoms with Crippen molar-refractivity contribution in [2.45, 2.75) is 19.8 Å². The largest absolute Gasteiger partial charge is 0.497 e. The molecule has 1 atom stereocenters. The summed E-state index contributed by atoms with van der Waals surface area (Å²) in [6.45, 7) is 4.46. The van der Waals surface area contributed by atoms with Crippen molar-refractivity contribution < 1.29 is 14.5 Å². The number of amides is 1. The number of alkyl halides is 1. The minimum absolute atomic E-state index is 0.0204. The van der Waals surface area contributed by atoms with Gasteiger partial charge in [0.05, 0.1) is 17.7 Å². The quantitative estimate of drug-likeness (QED) is 0.0904. The van der Waals surface area contributed by atoms with Crippen LogP contribution in [0.4, 0.5) is 22.7 Å². The molecule has 1 aliphatic heterocycles. The summed E-state index contributed by atoms with van der Waals surface area (Å²) in [4.78, 5) is 29.5. The van der Waals surface area contributed by atoms with Crippen LogP contribution in [0.1, 0.15) is 35.8 Å². The van der Waals surface area contributed by atoms with E-state index in [-0.39, 0.29) is 17.5 Å². The van der Waals surface area contributed by atoms with Crippen molar-refractivity contribution in [2.24, 2.45) is 0 Å². The molecule has 0 aliphatic carbocycles. The second-order valence-electron chi connectivity index (χ2n) is 9.90. The number of ether oxygens (including phenoxy) is 1. The molecule has 1 amide bonds. The van der Waals surface area contributed by atoms with Crippen molar-refractivity contribution in [3.63, 3.8) is 0 Å². The van der Waals surface area contributed by atoms with E-state index in [1.807, 2.05) is 80.6 Å². The first-order chi connectivity index (χ1) is 20.4. The van der Waals surface area contributed by atoms with Crippen molar-refractivity contribution in [1.82, 2.24) is 4.98 Å². The van der Waals surface area contributed by atoms with Crippen LogP contribution in [0.25, 0.3) is 21.7 Å². The van der Waals surface area contributed by atoms with E-state index in [4.69, 9.17) is 16.3 Å². The molecule has 1 aliphatic rings. The molecule has 9 heteroatoms. The van der Waals surface area contributed by atoms with E-state index in [0.29, 0.717) is 23.8 Å². The number of non-ortho nitro benzene ring substituents is 1. The molecule has 2 N–H and O–H groups in total. The number of halogens is 1.